The molecule has 1 unspecified atom stereocenters. The van der Waals surface area contributed by atoms with E-state index in [1.165, 1.54) is 7.11 Å². The highest BCUT2D eigenvalue weighted by Gasteiger charge is 2.09. The molecule has 17 heavy (non-hydrogen) atoms. The molecule has 2 N–H and O–H groups in total. The molecule has 0 spiro atoms. The Bertz CT molecular complexity index is 234. The lowest BCUT2D eigenvalue weighted by atomic mass is 10.2. The lowest BCUT2D eigenvalue weighted by Gasteiger charge is -2.15. The van der Waals surface area contributed by atoms with Crippen molar-refractivity contribution in [2.75, 3.05) is 27.4 Å². The van der Waals surface area contributed by atoms with Crippen molar-refractivity contribution in [3.05, 3.63) is 0 Å². The summed E-state index contributed by atoms with van der Waals surface area (Å²) in [6.07, 6.45) is 1.32. The van der Waals surface area contributed by atoms with Crippen LogP contribution in [0.1, 0.15) is 26.2 Å². The average Bonchev–Trinajstić information content (AvgIpc) is 2.33. The summed E-state index contributed by atoms with van der Waals surface area (Å²) in [5.74, 6) is -0.0273. The van der Waals surface area contributed by atoms with E-state index in [0.717, 1.165) is 6.42 Å². The van der Waals surface area contributed by atoms with E-state index in [4.69, 9.17) is 4.74 Å². The maximum absolute atomic E-state index is 11.5. The van der Waals surface area contributed by atoms with Gasteiger partial charge in [0.2, 0.25) is 5.91 Å². The summed E-state index contributed by atoms with van der Waals surface area (Å²) >= 11 is 0. The minimum Gasteiger partial charge on any atom is -0.453 e. The maximum atomic E-state index is 11.5. The summed E-state index contributed by atoms with van der Waals surface area (Å²) in [5.41, 5.74) is 0. The van der Waals surface area contributed by atoms with Gasteiger partial charge >= 0.3 is 6.09 Å². The standard InChI is InChI=1S/C11H22N2O4/c1-4-9(8-16-2)13-10(14)6-5-7-12-11(15)17-3/h9H,4-8H2,1-3H3,(H,12,15)(H,13,14). The molecule has 0 aromatic heterocycles. The lowest BCUT2D eigenvalue weighted by Crippen LogP contribution is -2.37. The number of rotatable bonds is 8. The molecule has 0 saturated heterocycles. The third kappa shape index (κ3) is 8.50. The van der Waals surface area contributed by atoms with E-state index >= 15 is 0 Å². The van der Waals surface area contributed by atoms with E-state index in [-0.39, 0.29) is 11.9 Å². The van der Waals surface area contributed by atoms with Gasteiger partial charge in [0.1, 0.15) is 0 Å². The Kier molecular flexibility index (Phi) is 9.14. The van der Waals surface area contributed by atoms with Crippen LogP contribution in [0.15, 0.2) is 0 Å². The van der Waals surface area contributed by atoms with E-state index < -0.39 is 6.09 Å². The van der Waals surface area contributed by atoms with Gasteiger partial charge in [0.15, 0.2) is 0 Å². The molecular weight excluding hydrogens is 224 g/mol. The Morgan fingerprint density at radius 3 is 2.53 bits per heavy atom. The fraction of sp³-hybridized carbons (Fsp3) is 0.818. The van der Waals surface area contributed by atoms with Crippen molar-refractivity contribution in [2.45, 2.75) is 32.2 Å². The van der Waals surface area contributed by atoms with Gasteiger partial charge in [-0.1, -0.05) is 6.92 Å². The highest BCUT2D eigenvalue weighted by molar-refractivity contribution is 5.76. The number of carbonyl (C=O) groups excluding carboxylic acids is 2. The molecule has 0 bridgehead atoms. The van der Waals surface area contributed by atoms with Crippen molar-refractivity contribution in [2.24, 2.45) is 0 Å². The predicted molar refractivity (Wildman–Crippen MR) is 63.7 cm³/mol. The summed E-state index contributed by atoms with van der Waals surface area (Å²) in [5, 5.41) is 5.38. The first-order chi connectivity index (χ1) is 8.13. The van der Waals surface area contributed by atoms with Crippen molar-refractivity contribution in [1.82, 2.24) is 10.6 Å². The van der Waals surface area contributed by atoms with E-state index in [9.17, 15) is 9.59 Å². The number of amides is 2. The van der Waals surface area contributed by atoms with E-state index in [0.29, 0.717) is 26.0 Å². The molecule has 0 aromatic carbocycles. The molecule has 0 rings (SSSR count). The largest absolute Gasteiger partial charge is 0.453 e. The molecule has 0 aromatic rings. The fourth-order valence-corrected chi connectivity index (χ4v) is 1.27. The first-order valence-corrected chi connectivity index (χ1v) is 5.74. The Labute approximate surface area is 102 Å². The van der Waals surface area contributed by atoms with E-state index in [2.05, 4.69) is 15.4 Å². The number of nitrogens with one attached hydrogen (secondary N) is 2. The summed E-state index contributed by atoms with van der Waals surface area (Å²) < 4.78 is 9.38. The van der Waals surface area contributed by atoms with Crippen LogP contribution in [0.2, 0.25) is 0 Å². The molecule has 0 heterocycles. The molecule has 0 fully saturated rings. The zero-order chi connectivity index (χ0) is 13.1. The highest BCUT2D eigenvalue weighted by Crippen LogP contribution is 1.94. The number of carbonyl (C=O) groups is 2. The SMILES string of the molecule is CCC(COC)NC(=O)CCCNC(=O)OC. The van der Waals surface area contributed by atoms with Gasteiger partial charge in [0.25, 0.3) is 0 Å². The third-order valence-corrected chi connectivity index (χ3v) is 2.26. The monoisotopic (exact) mass is 246 g/mol. The topological polar surface area (TPSA) is 76.7 Å². The van der Waals surface area contributed by atoms with Crippen molar-refractivity contribution in [3.63, 3.8) is 0 Å². The first kappa shape index (κ1) is 15.7. The second kappa shape index (κ2) is 9.89. The molecule has 0 aliphatic rings. The molecule has 1 atom stereocenters. The average molecular weight is 246 g/mol. The van der Waals surface area contributed by atoms with Gasteiger partial charge in [-0.25, -0.2) is 4.79 Å². The van der Waals surface area contributed by atoms with Crippen LogP contribution in [0.5, 0.6) is 0 Å². The summed E-state index contributed by atoms with van der Waals surface area (Å²) in [7, 11) is 2.91. The van der Waals surface area contributed by atoms with Gasteiger partial charge in [0.05, 0.1) is 19.8 Å². The van der Waals surface area contributed by atoms with Crippen LogP contribution in [0, 0.1) is 0 Å². The van der Waals surface area contributed by atoms with Crippen LogP contribution >= 0.6 is 0 Å². The van der Waals surface area contributed by atoms with E-state index in [1.807, 2.05) is 6.92 Å². The van der Waals surface area contributed by atoms with Crippen LogP contribution in [-0.4, -0.2) is 45.4 Å². The van der Waals surface area contributed by atoms with Gasteiger partial charge in [0, 0.05) is 20.1 Å². The Morgan fingerprint density at radius 1 is 1.29 bits per heavy atom. The Morgan fingerprint density at radius 2 is 2.00 bits per heavy atom. The van der Waals surface area contributed by atoms with Crippen LogP contribution < -0.4 is 10.6 Å². The minimum atomic E-state index is -0.476. The molecule has 100 valence electrons. The van der Waals surface area contributed by atoms with Crippen molar-refractivity contribution >= 4 is 12.0 Å². The Balaban J connectivity index is 3.61. The summed E-state index contributed by atoms with van der Waals surface area (Å²) in [4.78, 5) is 22.2. The maximum Gasteiger partial charge on any atom is 0.406 e. The van der Waals surface area contributed by atoms with Gasteiger partial charge in [-0.05, 0) is 12.8 Å². The molecule has 6 heteroatoms. The fourth-order valence-electron chi connectivity index (χ4n) is 1.27. The van der Waals surface area contributed by atoms with Crippen LogP contribution in [-0.2, 0) is 14.3 Å². The lowest BCUT2D eigenvalue weighted by molar-refractivity contribution is -0.122. The minimum absolute atomic E-state index is 0.0273. The number of methoxy groups -OCH3 is 2. The zero-order valence-electron chi connectivity index (χ0n) is 10.7. The molecule has 0 aliphatic heterocycles. The van der Waals surface area contributed by atoms with Gasteiger partial charge in [-0.15, -0.1) is 0 Å². The number of hydrogen-bond donors (Lipinski definition) is 2. The number of ether oxygens (including phenoxy) is 2. The van der Waals surface area contributed by atoms with Crippen molar-refractivity contribution < 1.29 is 19.1 Å². The van der Waals surface area contributed by atoms with Gasteiger partial charge in [-0.3, -0.25) is 4.79 Å². The second-order valence-electron chi connectivity index (χ2n) is 3.65. The third-order valence-electron chi connectivity index (χ3n) is 2.26. The molecule has 2 amide bonds. The highest BCUT2D eigenvalue weighted by atomic mass is 16.5. The quantitative estimate of drug-likeness (QED) is 0.617. The number of alkyl carbamates (subject to hydrolysis) is 1. The molecular formula is C11H22N2O4. The predicted octanol–water partition coefficient (Wildman–Crippen LogP) is 0.664. The van der Waals surface area contributed by atoms with Crippen LogP contribution in [0.4, 0.5) is 4.79 Å². The molecule has 0 saturated carbocycles. The molecule has 0 aliphatic carbocycles. The summed E-state index contributed by atoms with van der Waals surface area (Å²) in [6.45, 7) is 2.94. The van der Waals surface area contributed by atoms with Crippen LogP contribution in [0.3, 0.4) is 0 Å². The number of hydrogen-bond acceptors (Lipinski definition) is 4. The van der Waals surface area contributed by atoms with E-state index in [1.54, 1.807) is 7.11 Å². The van der Waals surface area contributed by atoms with Gasteiger partial charge in [-0.2, -0.15) is 0 Å². The molecule has 6 nitrogen and oxygen atoms in total. The normalized spacial score (nSPS) is 11.7. The van der Waals surface area contributed by atoms with Crippen LogP contribution in [0.25, 0.3) is 0 Å². The molecule has 0 radical (unpaired) electrons. The second-order valence-corrected chi connectivity index (χ2v) is 3.65. The smallest absolute Gasteiger partial charge is 0.406 e. The van der Waals surface area contributed by atoms with Crippen molar-refractivity contribution in [3.8, 4) is 0 Å². The van der Waals surface area contributed by atoms with Crippen molar-refractivity contribution in [1.29, 1.82) is 0 Å². The summed E-state index contributed by atoms with van der Waals surface area (Å²) in [6, 6.07) is 0.0565. The first-order valence-electron chi connectivity index (χ1n) is 5.74. The zero-order valence-corrected chi connectivity index (χ0v) is 10.7. The Hall–Kier alpha value is -1.30. The van der Waals surface area contributed by atoms with Gasteiger partial charge < -0.3 is 20.1 Å².